The Morgan fingerprint density at radius 2 is 2.05 bits per heavy atom. The normalized spacial score (nSPS) is 24.8. The Balaban J connectivity index is 1.54. The van der Waals surface area contributed by atoms with Crippen molar-refractivity contribution >= 4 is 11.8 Å². The van der Waals surface area contributed by atoms with Crippen LogP contribution in [0.15, 0.2) is 0 Å². The molecule has 2 aliphatic rings. The molecule has 1 aliphatic carbocycles. The average Bonchev–Trinajstić information content (AvgIpc) is 2.45. The number of carbonyl (C=O) groups is 2. The predicted molar refractivity (Wildman–Crippen MR) is 71.6 cm³/mol. The van der Waals surface area contributed by atoms with Crippen LogP contribution in [0.3, 0.4) is 0 Å². The molecule has 1 saturated heterocycles. The number of rotatable bonds is 5. The molecule has 5 nitrogen and oxygen atoms in total. The summed E-state index contributed by atoms with van der Waals surface area (Å²) >= 11 is 0. The van der Waals surface area contributed by atoms with Gasteiger partial charge in [-0.25, -0.2) is 0 Å². The molecular weight excluding hydrogens is 244 g/mol. The van der Waals surface area contributed by atoms with Crippen molar-refractivity contribution in [1.82, 2.24) is 10.6 Å². The number of amides is 2. The highest BCUT2D eigenvalue weighted by atomic mass is 16.5. The third kappa shape index (κ3) is 4.82. The van der Waals surface area contributed by atoms with Crippen molar-refractivity contribution in [2.45, 2.75) is 51.0 Å². The van der Waals surface area contributed by atoms with Crippen molar-refractivity contribution in [3.63, 3.8) is 0 Å². The number of piperidine rings is 1. The third-order valence-corrected chi connectivity index (χ3v) is 3.94. The zero-order valence-corrected chi connectivity index (χ0v) is 11.5. The molecule has 2 fully saturated rings. The van der Waals surface area contributed by atoms with Crippen LogP contribution in [0.4, 0.5) is 0 Å². The van der Waals surface area contributed by atoms with Gasteiger partial charge in [-0.1, -0.05) is 19.3 Å². The Morgan fingerprint density at radius 1 is 1.26 bits per heavy atom. The summed E-state index contributed by atoms with van der Waals surface area (Å²) < 4.78 is 5.75. The Labute approximate surface area is 114 Å². The molecule has 2 N–H and O–H groups in total. The van der Waals surface area contributed by atoms with Crippen LogP contribution in [0.1, 0.15) is 44.9 Å². The van der Waals surface area contributed by atoms with Gasteiger partial charge in [-0.2, -0.15) is 0 Å². The Bertz CT molecular complexity index is 304. The standard InChI is InChI=1S/C14H24N2O3/c17-13-7-6-11(10-16-13)14(18)15-8-9-19-12-4-2-1-3-5-12/h11-12H,1-10H2,(H,15,18)(H,16,17). The zero-order valence-electron chi connectivity index (χ0n) is 11.5. The van der Waals surface area contributed by atoms with Crippen LogP contribution >= 0.6 is 0 Å². The van der Waals surface area contributed by atoms with Gasteiger partial charge in [0.1, 0.15) is 0 Å². The topological polar surface area (TPSA) is 67.4 Å². The van der Waals surface area contributed by atoms with E-state index < -0.39 is 0 Å². The lowest BCUT2D eigenvalue weighted by atomic mass is 9.98. The third-order valence-electron chi connectivity index (χ3n) is 3.94. The van der Waals surface area contributed by atoms with Crippen LogP contribution < -0.4 is 10.6 Å². The molecule has 1 unspecified atom stereocenters. The fourth-order valence-electron chi connectivity index (χ4n) is 2.73. The summed E-state index contributed by atoms with van der Waals surface area (Å²) in [4.78, 5) is 22.8. The van der Waals surface area contributed by atoms with Crippen LogP contribution in [0.2, 0.25) is 0 Å². The van der Waals surface area contributed by atoms with Crippen molar-refractivity contribution in [1.29, 1.82) is 0 Å². The van der Waals surface area contributed by atoms with Gasteiger partial charge < -0.3 is 15.4 Å². The average molecular weight is 268 g/mol. The van der Waals surface area contributed by atoms with Crippen molar-refractivity contribution in [2.24, 2.45) is 5.92 Å². The van der Waals surface area contributed by atoms with Gasteiger partial charge in [0.05, 0.1) is 18.6 Å². The molecule has 0 aromatic heterocycles. The molecule has 0 radical (unpaired) electrons. The first-order chi connectivity index (χ1) is 9.25. The molecule has 1 atom stereocenters. The highest BCUT2D eigenvalue weighted by molar-refractivity contribution is 5.83. The van der Waals surface area contributed by atoms with Crippen LogP contribution in [0, 0.1) is 5.92 Å². The molecule has 0 aromatic rings. The van der Waals surface area contributed by atoms with Crippen LogP contribution in [-0.2, 0) is 14.3 Å². The van der Waals surface area contributed by atoms with Crippen LogP contribution in [0.5, 0.6) is 0 Å². The number of ether oxygens (including phenoxy) is 1. The fourth-order valence-corrected chi connectivity index (χ4v) is 2.73. The van der Waals surface area contributed by atoms with E-state index in [1.165, 1.54) is 19.3 Å². The second kappa shape index (κ2) is 7.48. The van der Waals surface area contributed by atoms with Gasteiger partial charge in [0.2, 0.25) is 11.8 Å². The van der Waals surface area contributed by atoms with E-state index in [2.05, 4.69) is 10.6 Å². The van der Waals surface area contributed by atoms with E-state index in [0.29, 0.717) is 38.6 Å². The molecule has 0 bridgehead atoms. The summed E-state index contributed by atoms with van der Waals surface area (Å²) in [5.41, 5.74) is 0. The Morgan fingerprint density at radius 3 is 2.74 bits per heavy atom. The molecular formula is C14H24N2O3. The number of hydrogen-bond donors (Lipinski definition) is 2. The minimum Gasteiger partial charge on any atom is -0.376 e. The summed E-state index contributed by atoms with van der Waals surface area (Å²) in [6, 6.07) is 0. The van der Waals surface area contributed by atoms with Gasteiger partial charge in [-0.05, 0) is 19.3 Å². The lowest BCUT2D eigenvalue weighted by Gasteiger charge is -2.23. The molecule has 108 valence electrons. The van der Waals surface area contributed by atoms with E-state index in [1.54, 1.807) is 0 Å². The minimum atomic E-state index is -0.0765. The maximum atomic E-state index is 11.8. The van der Waals surface area contributed by atoms with Crippen molar-refractivity contribution in [3.05, 3.63) is 0 Å². The maximum Gasteiger partial charge on any atom is 0.224 e. The Hall–Kier alpha value is -1.10. The SMILES string of the molecule is O=C1CCC(C(=O)NCCOC2CCCCC2)CN1. The van der Waals surface area contributed by atoms with E-state index in [0.717, 1.165) is 12.8 Å². The van der Waals surface area contributed by atoms with Crippen molar-refractivity contribution in [2.75, 3.05) is 19.7 Å². The molecule has 5 heteroatoms. The highest BCUT2D eigenvalue weighted by Gasteiger charge is 2.24. The summed E-state index contributed by atoms with van der Waals surface area (Å²) in [7, 11) is 0. The first kappa shape index (κ1) is 14.3. The monoisotopic (exact) mass is 268 g/mol. The second-order valence-corrected chi connectivity index (χ2v) is 5.46. The molecule has 19 heavy (non-hydrogen) atoms. The summed E-state index contributed by atoms with van der Waals surface area (Å²) in [6.07, 6.45) is 7.66. The first-order valence-electron chi connectivity index (χ1n) is 7.41. The predicted octanol–water partition coefficient (Wildman–Crippen LogP) is 0.978. The van der Waals surface area contributed by atoms with Gasteiger partial charge in [0.25, 0.3) is 0 Å². The fraction of sp³-hybridized carbons (Fsp3) is 0.857. The summed E-state index contributed by atoms with van der Waals surface area (Å²) in [6.45, 7) is 1.63. The Kier molecular flexibility index (Phi) is 5.63. The van der Waals surface area contributed by atoms with Crippen molar-refractivity contribution < 1.29 is 14.3 Å². The molecule has 1 heterocycles. The molecule has 1 saturated carbocycles. The highest BCUT2D eigenvalue weighted by Crippen LogP contribution is 2.19. The van der Waals surface area contributed by atoms with Gasteiger partial charge in [-0.15, -0.1) is 0 Å². The molecule has 2 amide bonds. The number of hydrogen-bond acceptors (Lipinski definition) is 3. The van der Waals surface area contributed by atoms with E-state index in [-0.39, 0.29) is 17.7 Å². The van der Waals surface area contributed by atoms with E-state index in [1.807, 2.05) is 0 Å². The maximum absolute atomic E-state index is 11.8. The summed E-state index contributed by atoms with van der Waals surface area (Å²) in [5, 5.41) is 5.62. The van der Waals surface area contributed by atoms with Crippen molar-refractivity contribution in [3.8, 4) is 0 Å². The number of nitrogens with one attached hydrogen (secondary N) is 2. The second-order valence-electron chi connectivity index (χ2n) is 5.46. The van der Waals surface area contributed by atoms with Crippen LogP contribution in [0.25, 0.3) is 0 Å². The molecule has 0 aromatic carbocycles. The van der Waals surface area contributed by atoms with Gasteiger partial charge >= 0.3 is 0 Å². The summed E-state index contributed by atoms with van der Waals surface area (Å²) in [5.74, 6) is 0.00399. The van der Waals surface area contributed by atoms with E-state index in [4.69, 9.17) is 4.74 Å². The quantitative estimate of drug-likeness (QED) is 0.730. The molecule has 0 spiro atoms. The van der Waals surface area contributed by atoms with Gasteiger partial charge in [0.15, 0.2) is 0 Å². The van der Waals surface area contributed by atoms with E-state index >= 15 is 0 Å². The van der Waals surface area contributed by atoms with Crippen LogP contribution in [-0.4, -0.2) is 37.6 Å². The lowest BCUT2D eigenvalue weighted by molar-refractivity contribution is -0.129. The smallest absolute Gasteiger partial charge is 0.224 e. The van der Waals surface area contributed by atoms with E-state index in [9.17, 15) is 9.59 Å². The molecule has 1 aliphatic heterocycles. The first-order valence-corrected chi connectivity index (χ1v) is 7.41. The minimum absolute atomic E-state index is 0.0345. The lowest BCUT2D eigenvalue weighted by Crippen LogP contribution is -2.43. The zero-order chi connectivity index (χ0) is 13.5. The largest absolute Gasteiger partial charge is 0.376 e. The number of carbonyl (C=O) groups excluding carboxylic acids is 2. The van der Waals surface area contributed by atoms with Gasteiger partial charge in [0, 0.05) is 19.5 Å². The molecule has 2 rings (SSSR count). The van der Waals surface area contributed by atoms with Gasteiger partial charge in [-0.3, -0.25) is 9.59 Å².